The number of hydrogen-bond donors (Lipinski definition) is 1. The minimum absolute atomic E-state index is 0. The number of rotatable bonds is 1. The van der Waals surface area contributed by atoms with Crippen molar-refractivity contribution in [3.05, 3.63) is 36.0 Å². The number of benzene rings is 1. The van der Waals surface area contributed by atoms with E-state index >= 15 is 0 Å². The molecule has 0 spiro atoms. The number of nitrogens with zero attached hydrogens (tertiary/aromatic N) is 2. The fourth-order valence-corrected chi connectivity index (χ4v) is 1.65. The van der Waals surface area contributed by atoms with Crippen molar-refractivity contribution in [2.45, 2.75) is 0 Å². The molecule has 0 radical (unpaired) electrons. The SMILES string of the molecule is CN=C(N)c1cccc2c1ccn2C.Cl. The van der Waals surface area contributed by atoms with E-state index < -0.39 is 0 Å². The van der Waals surface area contributed by atoms with Crippen molar-refractivity contribution in [3.63, 3.8) is 0 Å². The molecule has 0 saturated carbocycles. The van der Waals surface area contributed by atoms with Crippen LogP contribution in [0.4, 0.5) is 0 Å². The Kier molecular flexibility index (Phi) is 3.37. The molecule has 2 rings (SSSR count). The third kappa shape index (κ3) is 1.83. The van der Waals surface area contributed by atoms with Crippen molar-refractivity contribution in [2.75, 3.05) is 7.05 Å². The van der Waals surface area contributed by atoms with Crippen LogP contribution in [0.5, 0.6) is 0 Å². The van der Waals surface area contributed by atoms with Gasteiger partial charge in [-0.2, -0.15) is 0 Å². The van der Waals surface area contributed by atoms with E-state index in [1.807, 2.05) is 25.4 Å². The van der Waals surface area contributed by atoms with Crippen LogP contribution in [-0.2, 0) is 7.05 Å². The second-order valence-electron chi connectivity index (χ2n) is 3.27. The molecule has 0 fully saturated rings. The number of nitrogens with two attached hydrogens (primary N) is 1. The van der Waals surface area contributed by atoms with Gasteiger partial charge in [0.05, 0.1) is 0 Å². The van der Waals surface area contributed by atoms with Crippen LogP contribution in [0, 0.1) is 0 Å². The Morgan fingerprint density at radius 1 is 1.33 bits per heavy atom. The normalized spacial score (nSPS) is 11.5. The summed E-state index contributed by atoms with van der Waals surface area (Å²) in [6.45, 7) is 0. The van der Waals surface area contributed by atoms with Crippen LogP contribution in [0.2, 0.25) is 0 Å². The Morgan fingerprint density at radius 3 is 2.73 bits per heavy atom. The topological polar surface area (TPSA) is 43.3 Å². The summed E-state index contributed by atoms with van der Waals surface area (Å²) in [6.07, 6.45) is 2.02. The van der Waals surface area contributed by atoms with Crippen molar-refractivity contribution < 1.29 is 0 Å². The van der Waals surface area contributed by atoms with E-state index in [0.717, 1.165) is 10.9 Å². The molecule has 0 aliphatic carbocycles. The average Bonchev–Trinajstić information content (AvgIpc) is 2.59. The number of hydrogen-bond acceptors (Lipinski definition) is 1. The molecular formula is C11H14ClN3. The molecule has 0 bridgehead atoms. The highest BCUT2D eigenvalue weighted by atomic mass is 35.5. The summed E-state index contributed by atoms with van der Waals surface area (Å²) >= 11 is 0. The number of halogens is 1. The molecule has 4 heteroatoms. The molecule has 0 aliphatic rings. The lowest BCUT2D eigenvalue weighted by Gasteiger charge is -2.02. The van der Waals surface area contributed by atoms with Crippen LogP contribution in [0.1, 0.15) is 5.56 Å². The van der Waals surface area contributed by atoms with Gasteiger partial charge in [0.1, 0.15) is 5.84 Å². The molecule has 0 atom stereocenters. The summed E-state index contributed by atoms with van der Waals surface area (Å²) in [5.74, 6) is 0.585. The molecule has 0 saturated heterocycles. The van der Waals surface area contributed by atoms with E-state index in [1.165, 1.54) is 5.52 Å². The Morgan fingerprint density at radius 2 is 2.07 bits per heavy atom. The zero-order valence-electron chi connectivity index (χ0n) is 8.77. The predicted octanol–water partition coefficient (Wildman–Crippen LogP) is 1.94. The number of aliphatic imine (C=N–C) groups is 1. The summed E-state index contributed by atoms with van der Waals surface area (Å²) in [5.41, 5.74) is 7.99. The number of aryl methyl sites for hydroxylation is 1. The zero-order valence-corrected chi connectivity index (χ0v) is 9.58. The van der Waals surface area contributed by atoms with Crippen LogP contribution < -0.4 is 5.73 Å². The van der Waals surface area contributed by atoms with Gasteiger partial charge in [-0.15, -0.1) is 12.4 Å². The Hall–Kier alpha value is -1.48. The zero-order chi connectivity index (χ0) is 10.1. The maximum atomic E-state index is 5.81. The van der Waals surface area contributed by atoms with Gasteiger partial charge < -0.3 is 10.3 Å². The van der Waals surface area contributed by atoms with Gasteiger partial charge in [-0.3, -0.25) is 4.99 Å². The van der Waals surface area contributed by atoms with E-state index in [-0.39, 0.29) is 12.4 Å². The van der Waals surface area contributed by atoms with E-state index in [2.05, 4.69) is 21.7 Å². The fraction of sp³-hybridized carbons (Fsp3) is 0.182. The van der Waals surface area contributed by atoms with Crippen LogP contribution in [-0.4, -0.2) is 17.5 Å². The molecular weight excluding hydrogens is 210 g/mol. The van der Waals surface area contributed by atoms with Crippen molar-refractivity contribution in [3.8, 4) is 0 Å². The highest BCUT2D eigenvalue weighted by molar-refractivity contribution is 6.08. The standard InChI is InChI=1S/C11H13N3.ClH/c1-13-11(12)9-4-3-5-10-8(9)6-7-14(10)2;/h3-7H,1-2H3,(H2,12,13);1H. The van der Waals surface area contributed by atoms with Gasteiger partial charge in [-0.1, -0.05) is 12.1 Å². The number of fused-ring (bicyclic) bond motifs is 1. The molecule has 15 heavy (non-hydrogen) atoms. The molecule has 0 unspecified atom stereocenters. The van der Waals surface area contributed by atoms with E-state index in [0.29, 0.717) is 5.84 Å². The second kappa shape index (κ2) is 4.36. The van der Waals surface area contributed by atoms with Crippen LogP contribution >= 0.6 is 12.4 Å². The van der Waals surface area contributed by atoms with E-state index in [4.69, 9.17) is 5.73 Å². The maximum absolute atomic E-state index is 5.81. The van der Waals surface area contributed by atoms with Gasteiger partial charge in [0.2, 0.25) is 0 Å². The molecule has 0 aliphatic heterocycles. The van der Waals surface area contributed by atoms with Crippen molar-refractivity contribution >= 4 is 29.1 Å². The minimum Gasteiger partial charge on any atom is -0.383 e. The van der Waals surface area contributed by atoms with Crippen molar-refractivity contribution in [1.82, 2.24) is 4.57 Å². The Balaban J connectivity index is 0.00000112. The van der Waals surface area contributed by atoms with E-state index in [1.54, 1.807) is 7.05 Å². The predicted molar refractivity (Wildman–Crippen MR) is 66.8 cm³/mol. The monoisotopic (exact) mass is 223 g/mol. The Labute approximate surface area is 95.0 Å². The highest BCUT2D eigenvalue weighted by Gasteiger charge is 2.05. The van der Waals surface area contributed by atoms with Gasteiger partial charge in [0, 0.05) is 36.8 Å². The molecule has 80 valence electrons. The molecule has 1 aromatic heterocycles. The lowest BCUT2D eigenvalue weighted by atomic mass is 10.1. The second-order valence-corrected chi connectivity index (χ2v) is 3.27. The first-order chi connectivity index (χ1) is 6.74. The van der Waals surface area contributed by atoms with E-state index in [9.17, 15) is 0 Å². The number of aromatic nitrogens is 1. The summed E-state index contributed by atoms with van der Waals surface area (Å²) in [5, 5.41) is 1.15. The first kappa shape index (κ1) is 11.6. The fourth-order valence-electron chi connectivity index (χ4n) is 1.65. The first-order valence-corrected chi connectivity index (χ1v) is 4.50. The maximum Gasteiger partial charge on any atom is 0.126 e. The summed E-state index contributed by atoms with van der Waals surface area (Å²) in [6, 6.07) is 8.12. The molecule has 1 aromatic carbocycles. The van der Waals surface area contributed by atoms with Gasteiger partial charge in [-0.25, -0.2) is 0 Å². The third-order valence-electron chi connectivity index (χ3n) is 2.44. The molecule has 2 N–H and O–H groups in total. The van der Waals surface area contributed by atoms with Gasteiger partial charge in [0.15, 0.2) is 0 Å². The van der Waals surface area contributed by atoms with Gasteiger partial charge in [0.25, 0.3) is 0 Å². The van der Waals surface area contributed by atoms with Crippen molar-refractivity contribution in [1.29, 1.82) is 0 Å². The smallest absolute Gasteiger partial charge is 0.126 e. The van der Waals surface area contributed by atoms with Crippen LogP contribution in [0.3, 0.4) is 0 Å². The lowest BCUT2D eigenvalue weighted by molar-refractivity contribution is 0.969. The van der Waals surface area contributed by atoms with Crippen molar-refractivity contribution in [2.24, 2.45) is 17.8 Å². The number of amidine groups is 1. The average molecular weight is 224 g/mol. The molecule has 1 heterocycles. The summed E-state index contributed by atoms with van der Waals surface area (Å²) < 4.78 is 2.07. The summed E-state index contributed by atoms with van der Waals surface area (Å²) in [7, 11) is 3.72. The van der Waals surface area contributed by atoms with Crippen LogP contribution in [0.15, 0.2) is 35.5 Å². The quantitative estimate of drug-likeness (QED) is 0.583. The third-order valence-corrected chi connectivity index (χ3v) is 2.44. The Bertz CT molecular complexity index is 500. The molecule has 3 nitrogen and oxygen atoms in total. The summed E-state index contributed by atoms with van der Waals surface area (Å²) in [4.78, 5) is 4.00. The lowest BCUT2D eigenvalue weighted by Crippen LogP contribution is -2.13. The molecule has 2 aromatic rings. The largest absolute Gasteiger partial charge is 0.383 e. The first-order valence-electron chi connectivity index (χ1n) is 4.50. The van der Waals surface area contributed by atoms with Crippen LogP contribution in [0.25, 0.3) is 10.9 Å². The van der Waals surface area contributed by atoms with Gasteiger partial charge in [-0.05, 0) is 12.1 Å². The molecule has 0 amide bonds. The van der Waals surface area contributed by atoms with Gasteiger partial charge >= 0.3 is 0 Å². The minimum atomic E-state index is 0. The highest BCUT2D eigenvalue weighted by Crippen LogP contribution is 2.18.